The van der Waals surface area contributed by atoms with E-state index >= 15 is 0 Å². The standard InChI is InChI=1S/C59H115N3O6/c1-10-14-18-22-24-30-40-54(38-28-20-16-12-3)50-67-58(65)44-32-26-34-48-61(52(5)6)56(63)42-36-46-60(9)47-37-43-57(64)62(53(7)8)49-35-27-33-45-59(66)68-51-55(39-29-21-17-13-4)41-31-25-23-19-15-11-2/h52-55H,10-51H2,1-9H3. The summed E-state index contributed by atoms with van der Waals surface area (Å²) in [6.45, 7) is 21.6. The average molecular weight is 963 g/mol. The highest BCUT2D eigenvalue weighted by molar-refractivity contribution is 5.77. The fourth-order valence-corrected chi connectivity index (χ4v) is 9.53. The van der Waals surface area contributed by atoms with Crippen molar-refractivity contribution in [1.29, 1.82) is 0 Å². The number of esters is 2. The van der Waals surface area contributed by atoms with Crippen LogP contribution in [-0.4, -0.2) is 97.0 Å². The number of nitrogens with zero attached hydrogens (tertiary/aromatic N) is 3. The molecule has 68 heavy (non-hydrogen) atoms. The summed E-state index contributed by atoms with van der Waals surface area (Å²) in [4.78, 5) is 58.1. The summed E-state index contributed by atoms with van der Waals surface area (Å²) in [7, 11) is 2.08. The molecule has 0 heterocycles. The van der Waals surface area contributed by atoms with Crippen molar-refractivity contribution in [3.8, 4) is 0 Å². The molecule has 9 nitrogen and oxygen atoms in total. The minimum atomic E-state index is -0.0682. The largest absolute Gasteiger partial charge is 0.465 e. The summed E-state index contributed by atoms with van der Waals surface area (Å²) in [6, 6.07) is 0.287. The zero-order chi connectivity index (χ0) is 50.5. The SMILES string of the molecule is CCCCCCCCC(CCCCCC)COC(=O)CCCCCN(C(=O)CCCN(C)CCCC(=O)N(CCCCCC(=O)OCC(CCCCCC)CCCCCCCC)C(C)C)C(C)C. The Morgan fingerprint density at radius 3 is 0.971 bits per heavy atom. The minimum Gasteiger partial charge on any atom is -0.465 e. The van der Waals surface area contributed by atoms with Gasteiger partial charge >= 0.3 is 11.9 Å². The van der Waals surface area contributed by atoms with Crippen LogP contribution in [0.3, 0.4) is 0 Å². The molecule has 0 aromatic rings. The fourth-order valence-electron chi connectivity index (χ4n) is 9.53. The van der Waals surface area contributed by atoms with Crippen molar-refractivity contribution in [2.75, 3.05) is 46.4 Å². The maximum absolute atomic E-state index is 13.3. The molecule has 402 valence electrons. The van der Waals surface area contributed by atoms with Crippen molar-refractivity contribution in [2.45, 2.75) is 299 Å². The molecule has 9 heteroatoms. The molecule has 0 aromatic carbocycles. The quantitative estimate of drug-likeness (QED) is 0.0442. The van der Waals surface area contributed by atoms with Gasteiger partial charge in [0, 0.05) is 50.9 Å². The van der Waals surface area contributed by atoms with Crippen LogP contribution in [0.2, 0.25) is 0 Å². The first-order valence-corrected chi connectivity index (χ1v) is 29.5. The van der Waals surface area contributed by atoms with Gasteiger partial charge in [0.05, 0.1) is 13.2 Å². The molecule has 0 spiro atoms. The topological polar surface area (TPSA) is 96.5 Å². The Morgan fingerprint density at radius 2 is 0.647 bits per heavy atom. The highest BCUT2D eigenvalue weighted by atomic mass is 16.5. The van der Waals surface area contributed by atoms with Crippen LogP contribution in [0.4, 0.5) is 0 Å². The van der Waals surface area contributed by atoms with Crippen molar-refractivity contribution in [1.82, 2.24) is 14.7 Å². The number of carbonyl (C=O) groups excluding carboxylic acids is 4. The lowest BCUT2D eigenvalue weighted by molar-refractivity contribution is -0.146. The van der Waals surface area contributed by atoms with Crippen molar-refractivity contribution in [3.05, 3.63) is 0 Å². The van der Waals surface area contributed by atoms with Gasteiger partial charge in [0.2, 0.25) is 11.8 Å². The monoisotopic (exact) mass is 962 g/mol. The Hall–Kier alpha value is -2.16. The van der Waals surface area contributed by atoms with Crippen LogP contribution in [0.5, 0.6) is 0 Å². The van der Waals surface area contributed by atoms with Crippen LogP contribution in [-0.2, 0) is 28.7 Å². The number of unbranched alkanes of at least 4 members (excludes halogenated alkanes) is 20. The number of carbonyl (C=O) groups is 4. The second kappa shape index (κ2) is 47.2. The van der Waals surface area contributed by atoms with E-state index in [1.165, 1.54) is 154 Å². The van der Waals surface area contributed by atoms with Gasteiger partial charge in [-0.3, -0.25) is 19.2 Å². The van der Waals surface area contributed by atoms with Crippen LogP contribution >= 0.6 is 0 Å². The predicted octanol–water partition coefficient (Wildman–Crippen LogP) is 15.8. The summed E-state index contributed by atoms with van der Waals surface area (Å²) in [6.07, 6.45) is 39.1. The Kier molecular flexibility index (Phi) is 45.7. The molecule has 0 rings (SSSR count). The first kappa shape index (κ1) is 65.8. The fraction of sp³-hybridized carbons (Fsp3) is 0.932. The first-order chi connectivity index (χ1) is 32.9. The van der Waals surface area contributed by atoms with Crippen molar-refractivity contribution < 1.29 is 28.7 Å². The van der Waals surface area contributed by atoms with E-state index < -0.39 is 0 Å². The third-order valence-corrected chi connectivity index (χ3v) is 14.1. The van der Waals surface area contributed by atoms with E-state index in [0.717, 1.165) is 77.5 Å². The van der Waals surface area contributed by atoms with Gasteiger partial charge in [-0.25, -0.2) is 0 Å². The Bertz CT molecular complexity index is 1090. The van der Waals surface area contributed by atoms with E-state index in [9.17, 15) is 19.2 Å². The second-order valence-electron chi connectivity index (χ2n) is 21.4. The number of amides is 2. The Morgan fingerprint density at radius 1 is 0.353 bits per heavy atom. The van der Waals surface area contributed by atoms with E-state index in [0.29, 0.717) is 50.7 Å². The summed E-state index contributed by atoms with van der Waals surface area (Å²) in [5.74, 6) is 1.24. The summed E-state index contributed by atoms with van der Waals surface area (Å²) in [5.41, 5.74) is 0. The molecule has 0 N–H and O–H groups in total. The molecule has 0 bridgehead atoms. The van der Waals surface area contributed by atoms with Gasteiger partial charge < -0.3 is 24.2 Å². The van der Waals surface area contributed by atoms with Gasteiger partial charge in [0.25, 0.3) is 0 Å². The summed E-state index contributed by atoms with van der Waals surface area (Å²) in [5, 5.41) is 0. The van der Waals surface area contributed by atoms with Gasteiger partial charge in [-0.2, -0.15) is 0 Å². The van der Waals surface area contributed by atoms with Gasteiger partial charge in [-0.1, -0.05) is 169 Å². The van der Waals surface area contributed by atoms with E-state index in [2.05, 4.69) is 67.3 Å². The molecule has 0 saturated carbocycles. The molecule has 0 aliphatic rings. The summed E-state index contributed by atoms with van der Waals surface area (Å²) >= 11 is 0. The van der Waals surface area contributed by atoms with Gasteiger partial charge in [-0.15, -0.1) is 0 Å². The van der Waals surface area contributed by atoms with Crippen LogP contribution < -0.4 is 0 Å². The molecule has 2 atom stereocenters. The lowest BCUT2D eigenvalue weighted by Crippen LogP contribution is -2.38. The molecule has 2 amide bonds. The molecular formula is C59H115N3O6. The van der Waals surface area contributed by atoms with Crippen molar-refractivity contribution in [2.24, 2.45) is 11.8 Å². The Labute approximate surface area is 422 Å². The van der Waals surface area contributed by atoms with Crippen molar-refractivity contribution >= 4 is 23.8 Å². The van der Waals surface area contributed by atoms with Gasteiger partial charge in [0.1, 0.15) is 0 Å². The maximum Gasteiger partial charge on any atom is 0.305 e. The van der Waals surface area contributed by atoms with Crippen molar-refractivity contribution in [3.63, 3.8) is 0 Å². The Balaban J connectivity index is 4.44. The number of hydrogen-bond donors (Lipinski definition) is 0. The smallest absolute Gasteiger partial charge is 0.305 e. The van der Waals surface area contributed by atoms with Crippen LogP contribution in [0.25, 0.3) is 0 Å². The van der Waals surface area contributed by atoms with E-state index in [1.807, 2.05) is 9.80 Å². The normalized spacial score (nSPS) is 12.5. The van der Waals surface area contributed by atoms with Gasteiger partial charge in [0.15, 0.2) is 0 Å². The molecule has 0 aliphatic carbocycles. The van der Waals surface area contributed by atoms with Gasteiger partial charge in [-0.05, 0) is 124 Å². The number of rotatable bonds is 50. The zero-order valence-corrected chi connectivity index (χ0v) is 46.8. The lowest BCUT2D eigenvalue weighted by Gasteiger charge is -2.28. The minimum absolute atomic E-state index is 0.0682. The summed E-state index contributed by atoms with van der Waals surface area (Å²) < 4.78 is 11.6. The van der Waals surface area contributed by atoms with Crippen LogP contribution in [0.1, 0.15) is 287 Å². The zero-order valence-electron chi connectivity index (χ0n) is 46.8. The lowest BCUT2D eigenvalue weighted by atomic mass is 9.95. The third-order valence-electron chi connectivity index (χ3n) is 14.1. The van der Waals surface area contributed by atoms with Crippen LogP contribution in [0, 0.1) is 11.8 Å². The van der Waals surface area contributed by atoms with E-state index in [1.54, 1.807) is 0 Å². The predicted molar refractivity (Wildman–Crippen MR) is 289 cm³/mol. The average Bonchev–Trinajstić information content (AvgIpc) is 3.30. The molecule has 0 radical (unpaired) electrons. The third kappa shape index (κ3) is 39.5. The number of ether oxygens (including phenoxy) is 2. The van der Waals surface area contributed by atoms with E-state index in [-0.39, 0.29) is 35.8 Å². The molecule has 0 aliphatic heterocycles. The molecule has 0 aromatic heterocycles. The highest BCUT2D eigenvalue weighted by Crippen LogP contribution is 2.22. The highest BCUT2D eigenvalue weighted by Gasteiger charge is 2.19. The van der Waals surface area contributed by atoms with E-state index in [4.69, 9.17) is 9.47 Å². The molecule has 0 saturated heterocycles. The van der Waals surface area contributed by atoms with Crippen LogP contribution in [0.15, 0.2) is 0 Å². The molecular weight excluding hydrogens is 847 g/mol. The molecule has 2 unspecified atom stereocenters. The maximum atomic E-state index is 13.3. The molecule has 0 fully saturated rings. The first-order valence-electron chi connectivity index (χ1n) is 29.5. The second-order valence-corrected chi connectivity index (χ2v) is 21.4. The number of hydrogen-bond acceptors (Lipinski definition) is 7.